The van der Waals surface area contributed by atoms with Gasteiger partial charge in [-0.3, -0.25) is 4.99 Å². The number of nitrogens with one attached hydrogen (secondary N) is 2. The third-order valence-electron chi connectivity index (χ3n) is 2.77. The molecule has 0 radical (unpaired) electrons. The van der Waals surface area contributed by atoms with Gasteiger partial charge in [0.1, 0.15) is 0 Å². The quantitative estimate of drug-likeness (QED) is 0.645. The van der Waals surface area contributed by atoms with Gasteiger partial charge < -0.3 is 15.4 Å². The van der Waals surface area contributed by atoms with E-state index in [1.54, 1.807) is 14.2 Å². The molecule has 106 valence electrons. The number of ether oxygens (including phenoxy) is 1. The molecule has 0 aliphatic rings. The Balaban J connectivity index is 2.54. The highest BCUT2D eigenvalue weighted by Gasteiger charge is 2.05. The van der Waals surface area contributed by atoms with Crippen molar-refractivity contribution in [3.8, 4) is 0 Å². The lowest BCUT2D eigenvalue weighted by molar-refractivity contribution is 0.179. The maximum atomic E-state index is 5.09. The topological polar surface area (TPSA) is 45.7 Å². The SMILES string of the molecule is CN=C(NCc1ccc(Br)cc1C)NC(C)COC. The second-order valence-corrected chi connectivity index (χ2v) is 5.41. The van der Waals surface area contributed by atoms with E-state index in [9.17, 15) is 0 Å². The van der Waals surface area contributed by atoms with E-state index in [-0.39, 0.29) is 6.04 Å². The summed E-state index contributed by atoms with van der Waals surface area (Å²) in [7, 11) is 3.46. The summed E-state index contributed by atoms with van der Waals surface area (Å²) >= 11 is 3.47. The number of hydrogen-bond donors (Lipinski definition) is 2. The van der Waals surface area contributed by atoms with Crippen LogP contribution in [-0.4, -0.2) is 32.8 Å². The summed E-state index contributed by atoms with van der Waals surface area (Å²) in [6.07, 6.45) is 0. The Morgan fingerprint density at radius 2 is 2.21 bits per heavy atom. The van der Waals surface area contributed by atoms with Crippen molar-refractivity contribution in [1.82, 2.24) is 10.6 Å². The van der Waals surface area contributed by atoms with E-state index in [0.29, 0.717) is 6.61 Å². The van der Waals surface area contributed by atoms with Gasteiger partial charge in [-0.05, 0) is 37.1 Å². The number of halogens is 1. The Bertz CT molecular complexity index is 435. The van der Waals surface area contributed by atoms with Crippen LogP contribution in [0.3, 0.4) is 0 Å². The van der Waals surface area contributed by atoms with Gasteiger partial charge in [0, 0.05) is 31.2 Å². The molecule has 1 unspecified atom stereocenters. The van der Waals surface area contributed by atoms with Gasteiger partial charge in [0.2, 0.25) is 0 Å². The van der Waals surface area contributed by atoms with Crippen LogP contribution in [0.5, 0.6) is 0 Å². The molecule has 0 saturated carbocycles. The molecule has 1 rings (SSSR count). The summed E-state index contributed by atoms with van der Waals surface area (Å²) < 4.78 is 6.20. The van der Waals surface area contributed by atoms with Crippen LogP contribution in [0.25, 0.3) is 0 Å². The fourth-order valence-electron chi connectivity index (χ4n) is 1.76. The highest BCUT2D eigenvalue weighted by molar-refractivity contribution is 9.10. The molecule has 5 heteroatoms. The van der Waals surface area contributed by atoms with E-state index >= 15 is 0 Å². The molecule has 0 amide bonds. The van der Waals surface area contributed by atoms with Crippen molar-refractivity contribution < 1.29 is 4.74 Å². The summed E-state index contributed by atoms with van der Waals surface area (Å²) in [5, 5.41) is 6.58. The number of rotatable bonds is 5. The van der Waals surface area contributed by atoms with Gasteiger partial charge in [0.25, 0.3) is 0 Å². The lowest BCUT2D eigenvalue weighted by Gasteiger charge is -2.17. The zero-order valence-corrected chi connectivity index (χ0v) is 13.5. The summed E-state index contributed by atoms with van der Waals surface area (Å²) in [5.74, 6) is 0.784. The molecule has 0 bridgehead atoms. The minimum Gasteiger partial charge on any atom is -0.383 e. The van der Waals surface area contributed by atoms with Crippen molar-refractivity contribution in [1.29, 1.82) is 0 Å². The van der Waals surface area contributed by atoms with Crippen LogP contribution in [0.4, 0.5) is 0 Å². The molecule has 0 aliphatic carbocycles. The van der Waals surface area contributed by atoms with Crippen LogP contribution in [-0.2, 0) is 11.3 Å². The normalized spacial score (nSPS) is 13.2. The molecule has 0 spiro atoms. The molecule has 4 nitrogen and oxygen atoms in total. The first-order valence-electron chi connectivity index (χ1n) is 6.28. The van der Waals surface area contributed by atoms with Crippen LogP contribution < -0.4 is 10.6 Å². The van der Waals surface area contributed by atoms with E-state index in [1.165, 1.54) is 11.1 Å². The average Bonchev–Trinajstić information content (AvgIpc) is 2.36. The Hall–Kier alpha value is -1.07. The van der Waals surface area contributed by atoms with E-state index < -0.39 is 0 Å². The predicted molar refractivity (Wildman–Crippen MR) is 83.6 cm³/mol. The number of nitrogens with zero attached hydrogens (tertiary/aromatic N) is 1. The van der Waals surface area contributed by atoms with Crippen LogP contribution in [0.15, 0.2) is 27.7 Å². The van der Waals surface area contributed by atoms with E-state index in [4.69, 9.17) is 4.74 Å². The minimum atomic E-state index is 0.224. The molecule has 0 aromatic heterocycles. The van der Waals surface area contributed by atoms with Gasteiger partial charge >= 0.3 is 0 Å². The number of benzene rings is 1. The first-order chi connectivity index (χ1) is 9.06. The number of aryl methyl sites for hydroxylation is 1. The monoisotopic (exact) mass is 327 g/mol. The molecule has 19 heavy (non-hydrogen) atoms. The molecule has 0 fully saturated rings. The summed E-state index contributed by atoms with van der Waals surface area (Å²) in [6, 6.07) is 6.49. The fourth-order valence-corrected chi connectivity index (χ4v) is 2.23. The molecular formula is C14H22BrN3O. The number of methoxy groups -OCH3 is 1. The Labute approximate surface area is 123 Å². The van der Waals surface area contributed by atoms with E-state index in [0.717, 1.165) is 17.0 Å². The lowest BCUT2D eigenvalue weighted by atomic mass is 10.1. The Kier molecular flexibility index (Phi) is 6.87. The first-order valence-corrected chi connectivity index (χ1v) is 7.07. The molecule has 1 aromatic carbocycles. The highest BCUT2D eigenvalue weighted by Crippen LogP contribution is 2.15. The Morgan fingerprint density at radius 3 is 2.79 bits per heavy atom. The molecule has 1 atom stereocenters. The third kappa shape index (κ3) is 5.61. The van der Waals surface area contributed by atoms with Crippen molar-refractivity contribution in [3.63, 3.8) is 0 Å². The molecule has 0 heterocycles. The molecular weight excluding hydrogens is 306 g/mol. The van der Waals surface area contributed by atoms with Gasteiger partial charge in [0.15, 0.2) is 5.96 Å². The fraction of sp³-hybridized carbons (Fsp3) is 0.500. The second-order valence-electron chi connectivity index (χ2n) is 4.50. The van der Waals surface area contributed by atoms with Crippen molar-refractivity contribution in [3.05, 3.63) is 33.8 Å². The maximum absolute atomic E-state index is 5.09. The standard InChI is InChI=1S/C14H22BrN3O/c1-10-7-13(15)6-5-12(10)8-17-14(16-3)18-11(2)9-19-4/h5-7,11H,8-9H2,1-4H3,(H2,16,17,18). The average molecular weight is 328 g/mol. The molecule has 0 saturated heterocycles. The summed E-state index contributed by atoms with van der Waals surface area (Å²) in [6.45, 7) is 5.56. The number of hydrogen-bond acceptors (Lipinski definition) is 2. The van der Waals surface area contributed by atoms with Gasteiger partial charge in [-0.2, -0.15) is 0 Å². The van der Waals surface area contributed by atoms with Crippen molar-refractivity contribution >= 4 is 21.9 Å². The predicted octanol–water partition coefficient (Wildman–Crippen LogP) is 2.46. The van der Waals surface area contributed by atoms with Gasteiger partial charge in [-0.1, -0.05) is 22.0 Å². The van der Waals surface area contributed by atoms with Gasteiger partial charge in [0.05, 0.1) is 6.61 Å². The Morgan fingerprint density at radius 1 is 1.47 bits per heavy atom. The van der Waals surface area contributed by atoms with Crippen molar-refractivity contribution in [2.75, 3.05) is 20.8 Å². The van der Waals surface area contributed by atoms with E-state index in [1.807, 2.05) is 6.07 Å². The van der Waals surface area contributed by atoms with Crippen molar-refractivity contribution in [2.24, 2.45) is 4.99 Å². The molecule has 1 aromatic rings. The number of aliphatic imine (C=N–C) groups is 1. The largest absolute Gasteiger partial charge is 0.383 e. The van der Waals surface area contributed by atoms with E-state index in [2.05, 4.69) is 57.5 Å². The third-order valence-corrected chi connectivity index (χ3v) is 3.27. The summed E-state index contributed by atoms with van der Waals surface area (Å²) in [5.41, 5.74) is 2.51. The zero-order chi connectivity index (χ0) is 14.3. The first kappa shape index (κ1) is 16.0. The van der Waals surface area contributed by atoms with Crippen LogP contribution in [0.2, 0.25) is 0 Å². The molecule has 0 aliphatic heterocycles. The maximum Gasteiger partial charge on any atom is 0.191 e. The van der Waals surface area contributed by atoms with Crippen LogP contribution in [0.1, 0.15) is 18.1 Å². The second kappa shape index (κ2) is 8.17. The van der Waals surface area contributed by atoms with Gasteiger partial charge in [-0.25, -0.2) is 0 Å². The lowest BCUT2D eigenvalue weighted by Crippen LogP contribution is -2.43. The van der Waals surface area contributed by atoms with Crippen molar-refractivity contribution in [2.45, 2.75) is 26.4 Å². The molecule has 2 N–H and O–H groups in total. The summed E-state index contributed by atoms with van der Waals surface area (Å²) in [4.78, 5) is 4.20. The van der Waals surface area contributed by atoms with Crippen LogP contribution in [0, 0.1) is 6.92 Å². The smallest absolute Gasteiger partial charge is 0.191 e. The zero-order valence-electron chi connectivity index (χ0n) is 12.0. The number of guanidine groups is 1. The van der Waals surface area contributed by atoms with Gasteiger partial charge in [-0.15, -0.1) is 0 Å². The minimum absolute atomic E-state index is 0.224. The highest BCUT2D eigenvalue weighted by atomic mass is 79.9. The van der Waals surface area contributed by atoms with Crippen LogP contribution >= 0.6 is 15.9 Å².